The van der Waals surface area contributed by atoms with Crippen LogP contribution in [-0.2, 0) is 0 Å². The summed E-state index contributed by atoms with van der Waals surface area (Å²) in [6.07, 6.45) is 10.5. The van der Waals surface area contributed by atoms with Crippen LogP contribution in [0.3, 0.4) is 0 Å². The average molecular weight is 336 g/mol. The Labute approximate surface area is 148 Å². The van der Waals surface area contributed by atoms with E-state index in [-0.39, 0.29) is 0 Å². The highest BCUT2D eigenvalue weighted by molar-refractivity contribution is 5.57. The van der Waals surface area contributed by atoms with Crippen LogP contribution < -0.4 is 10.1 Å². The van der Waals surface area contributed by atoms with Crippen molar-refractivity contribution >= 4 is 5.82 Å². The highest BCUT2D eigenvalue weighted by Crippen LogP contribution is 2.54. The minimum absolute atomic E-state index is 0.521. The lowest BCUT2D eigenvalue weighted by atomic mass is 9.54. The van der Waals surface area contributed by atoms with Crippen molar-refractivity contribution in [2.45, 2.75) is 38.1 Å². The van der Waals surface area contributed by atoms with Gasteiger partial charge in [-0.25, -0.2) is 9.97 Å². The maximum atomic E-state index is 5.52. The lowest BCUT2D eigenvalue weighted by Gasteiger charge is -2.54. The van der Waals surface area contributed by atoms with Gasteiger partial charge in [-0.3, -0.25) is 4.98 Å². The first-order valence-electron chi connectivity index (χ1n) is 9.39. The second kappa shape index (κ2) is 5.97. The molecule has 0 aromatic carbocycles. The molecule has 0 amide bonds. The van der Waals surface area contributed by atoms with Crippen LogP contribution in [0.25, 0.3) is 11.5 Å². The quantitative estimate of drug-likeness (QED) is 0.920. The number of hydrogen-bond donors (Lipinski definition) is 1. The van der Waals surface area contributed by atoms with Crippen LogP contribution in [0.15, 0.2) is 30.6 Å². The maximum absolute atomic E-state index is 5.52. The molecule has 0 unspecified atom stereocenters. The Morgan fingerprint density at radius 1 is 1.00 bits per heavy atom. The van der Waals surface area contributed by atoms with E-state index in [4.69, 9.17) is 9.72 Å². The Balaban J connectivity index is 1.45. The number of anilines is 1. The molecule has 25 heavy (non-hydrogen) atoms. The van der Waals surface area contributed by atoms with Crippen LogP contribution in [-0.4, -0.2) is 28.1 Å². The zero-order valence-electron chi connectivity index (χ0n) is 14.6. The predicted octanol–water partition coefficient (Wildman–Crippen LogP) is 3.78. The highest BCUT2D eigenvalue weighted by Gasteiger charge is 2.48. The third-order valence-electron chi connectivity index (χ3n) is 6.40. The summed E-state index contributed by atoms with van der Waals surface area (Å²) in [5, 5.41) is 3.75. The Morgan fingerprint density at radius 3 is 2.40 bits per heavy atom. The number of methoxy groups -OCH3 is 1. The topological polar surface area (TPSA) is 59.9 Å². The molecule has 4 saturated carbocycles. The molecule has 0 aliphatic heterocycles. The van der Waals surface area contributed by atoms with Crippen LogP contribution >= 0.6 is 0 Å². The molecule has 0 radical (unpaired) electrons. The molecule has 4 bridgehead atoms. The fraction of sp³-hybridized carbons (Fsp3) is 0.550. The molecule has 2 heterocycles. The lowest BCUT2D eigenvalue weighted by molar-refractivity contribution is 0.00735. The van der Waals surface area contributed by atoms with Crippen molar-refractivity contribution in [3.05, 3.63) is 30.6 Å². The van der Waals surface area contributed by atoms with Gasteiger partial charge in [-0.05, 0) is 67.9 Å². The maximum Gasteiger partial charge on any atom is 0.180 e. The summed E-state index contributed by atoms with van der Waals surface area (Å²) in [7, 11) is 1.68. The monoisotopic (exact) mass is 336 g/mol. The molecule has 4 aliphatic rings. The lowest BCUT2D eigenvalue weighted by Crippen LogP contribution is -2.51. The molecule has 2 aromatic heterocycles. The SMILES string of the molecule is COc1cnc(-c2ccccn2)nc1NC1C2CC3CC(C2)CC1C3. The zero-order chi connectivity index (χ0) is 16.8. The minimum atomic E-state index is 0.521. The van der Waals surface area contributed by atoms with Gasteiger partial charge in [-0.1, -0.05) is 6.07 Å². The number of pyridine rings is 1. The molecule has 5 heteroatoms. The van der Waals surface area contributed by atoms with Gasteiger partial charge in [0.2, 0.25) is 0 Å². The smallest absolute Gasteiger partial charge is 0.180 e. The molecule has 6 rings (SSSR count). The third-order valence-corrected chi connectivity index (χ3v) is 6.40. The molecule has 4 fully saturated rings. The third kappa shape index (κ3) is 2.66. The molecular formula is C20H24N4O. The normalized spacial score (nSPS) is 32.6. The fourth-order valence-corrected chi connectivity index (χ4v) is 5.56. The van der Waals surface area contributed by atoms with E-state index in [0.717, 1.165) is 35.2 Å². The Kier molecular flexibility index (Phi) is 3.61. The summed E-state index contributed by atoms with van der Waals surface area (Å²) in [4.78, 5) is 13.6. The number of aromatic nitrogens is 3. The molecule has 0 atom stereocenters. The largest absolute Gasteiger partial charge is 0.491 e. The summed E-state index contributed by atoms with van der Waals surface area (Å²) < 4.78 is 5.52. The summed E-state index contributed by atoms with van der Waals surface area (Å²) in [6.45, 7) is 0. The standard InChI is InChI=1S/C20H24N4O/c1-25-17-11-22-19(16-4-2-3-5-21-16)24-20(17)23-18-14-7-12-6-13(9-14)10-15(18)8-12/h2-5,11-15,18H,6-10H2,1H3,(H,22,23,24). The Hall–Kier alpha value is -2.17. The van der Waals surface area contributed by atoms with E-state index in [2.05, 4.69) is 15.3 Å². The number of ether oxygens (including phenoxy) is 1. The molecular weight excluding hydrogens is 312 g/mol. The van der Waals surface area contributed by atoms with E-state index in [1.165, 1.54) is 32.1 Å². The minimum Gasteiger partial charge on any atom is -0.491 e. The van der Waals surface area contributed by atoms with Crippen LogP contribution in [0.4, 0.5) is 5.82 Å². The molecule has 5 nitrogen and oxygen atoms in total. The van der Waals surface area contributed by atoms with Crippen molar-refractivity contribution in [1.82, 2.24) is 15.0 Å². The second-order valence-corrected chi connectivity index (χ2v) is 7.93. The van der Waals surface area contributed by atoms with Gasteiger partial charge in [0, 0.05) is 12.2 Å². The predicted molar refractivity (Wildman–Crippen MR) is 96.3 cm³/mol. The summed E-state index contributed by atoms with van der Waals surface area (Å²) in [5.74, 6) is 5.69. The summed E-state index contributed by atoms with van der Waals surface area (Å²) >= 11 is 0. The average Bonchev–Trinajstić information content (AvgIpc) is 2.64. The van der Waals surface area contributed by atoms with Gasteiger partial charge >= 0.3 is 0 Å². The molecule has 4 aliphatic carbocycles. The summed E-state index contributed by atoms with van der Waals surface area (Å²) in [5.41, 5.74) is 0.790. The number of nitrogens with one attached hydrogen (secondary N) is 1. The van der Waals surface area contributed by atoms with Gasteiger partial charge in [-0.15, -0.1) is 0 Å². The first kappa shape index (κ1) is 15.1. The number of nitrogens with zero attached hydrogens (tertiary/aromatic N) is 3. The van der Waals surface area contributed by atoms with Gasteiger partial charge in [0.25, 0.3) is 0 Å². The van der Waals surface area contributed by atoms with Gasteiger partial charge in [0.1, 0.15) is 5.69 Å². The van der Waals surface area contributed by atoms with E-state index in [9.17, 15) is 0 Å². The van der Waals surface area contributed by atoms with Crippen molar-refractivity contribution in [1.29, 1.82) is 0 Å². The van der Waals surface area contributed by atoms with Gasteiger partial charge < -0.3 is 10.1 Å². The van der Waals surface area contributed by atoms with E-state index < -0.39 is 0 Å². The first-order valence-corrected chi connectivity index (χ1v) is 9.39. The van der Waals surface area contributed by atoms with Crippen molar-refractivity contribution < 1.29 is 4.74 Å². The van der Waals surface area contributed by atoms with Gasteiger partial charge in [0.05, 0.1) is 13.3 Å². The molecule has 1 N–H and O–H groups in total. The molecule has 0 saturated heterocycles. The fourth-order valence-electron chi connectivity index (χ4n) is 5.56. The van der Waals surface area contributed by atoms with E-state index >= 15 is 0 Å². The van der Waals surface area contributed by atoms with Crippen LogP contribution in [0.1, 0.15) is 32.1 Å². The van der Waals surface area contributed by atoms with Crippen LogP contribution in [0.5, 0.6) is 5.75 Å². The van der Waals surface area contributed by atoms with E-state index in [0.29, 0.717) is 17.6 Å². The Morgan fingerprint density at radius 2 is 1.76 bits per heavy atom. The van der Waals surface area contributed by atoms with Gasteiger partial charge in [-0.2, -0.15) is 0 Å². The Bertz CT molecular complexity index is 736. The first-order chi connectivity index (χ1) is 12.3. The van der Waals surface area contributed by atoms with Crippen molar-refractivity contribution in [3.8, 4) is 17.3 Å². The van der Waals surface area contributed by atoms with Crippen molar-refractivity contribution in [2.75, 3.05) is 12.4 Å². The van der Waals surface area contributed by atoms with E-state index in [1.807, 2.05) is 18.2 Å². The summed E-state index contributed by atoms with van der Waals surface area (Å²) in [6, 6.07) is 6.32. The number of hydrogen-bond acceptors (Lipinski definition) is 5. The zero-order valence-corrected chi connectivity index (χ0v) is 14.6. The molecule has 0 spiro atoms. The molecule has 2 aromatic rings. The van der Waals surface area contributed by atoms with Gasteiger partial charge in [0.15, 0.2) is 17.4 Å². The van der Waals surface area contributed by atoms with E-state index in [1.54, 1.807) is 19.5 Å². The number of rotatable bonds is 4. The van der Waals surface area contributed by atoms with Crippen LogP contribution in [0.2, 0.25) is 0 Å². The van der Waals surface area contributed by atoms with Crippen molar-refractivity contribution in [3.63, 3.8) is 0 Å². The van der Waals surface area contributed by atoms with Crippen molar-refractivity contribution in [2.24, 2.45) is 23.7 Å². The second-order valence-electron chi connectivity index (χ2n) is 7.93. The molecule has 130 valence electrons. The van der Waals surface area contributed by atoms with Crippen LogP contribution in [0, 0.1) is 23.7 Å². The highest BCUT2D eigenvalue weighted by atomic mass is 16.5.